The van der Waals surface area contributed by atoms with Crippen LogP contribution < -0.4 is 5.32 Å². The number of halogens is 2. The van der Waals surface area contributed by atoms with Gasteiger partial charge in [0.2, 0.25) is 0 Å². The third-order valence-electron chi connectivity index (χ3n) is 3.91. The van der Waals surface area contributed by atoms with Crippen LogP contribution in [0.2, 0.25) is 5.02 Å². The van der Waals surface area contributed by atoms with Crippen LogP contribution in [0.25, 0.3) is 10.9 Å². The minimum Gasteiger partial charge on any atom is -0.449 e. The molecule has 27 heavy (non-hydrogen) atoms. The van der Waals surface area contributed by atoms with Crippen LogP contribution in [-0.4, -0.2) is 23.0 Å². The number of anilines is 1. The van der Waals surface area contributed by atoms with Gasteiger partial charge in [-0.3, -0.25) is 9.78 Å². The number of benzene rings is 2. The molecular weight excluding hydrogens is 371 g/mol. The molecule has 0 aliphatic carbocycles. The lowest BCUT2D eigenvalue weighted by molar-refractivity contribution is -0.123. The largest absolute Gasteiger partial charge is 0.449 e. The van der Waals surface area contributed by atoms with Gasteiger partial charge in [0.25, 0.3) is 5.91 Å². The Labute approximate surface area is 160 Å². The molecule has 0 saturated carbocycles. The molecule has 7 heteroatoms. The quantitative estimate of drug-likeness (QED) is 0.669. The van der Waals surface area contributed by atoms with Crippen molar-refractivity contribution in [2.45, 2.75) is 20.0 Å². The van der Waals surface area contributed by atoms with Crippen LogP contribution in [0, 0.1) is 12.7 Å². The van der Waals surface area contributed by atoms with E-state index in [4.69, 9.17) is 16.3 Å². The number of para-hydroxylation sites is 1. The van der Waals surface area contributed by atoms with E-state index in [-0.39, 0.29) is 10.7 Å². The zero-order valence-corrected chi connectivity index (χ0v) is 15.4. The minimum atomic E-state index is -1.13. The average Bonchev–Trinajstić information content (AvgIpc) is 2.63. The lowest BCUT2D eigenvalue weighted by Gasteiger charge is -2.15. The van der Waals surface area contributed by atoms with Gasteiger partial charge in [0.1, 0.15) is 5.82 Å². The van der Waals surface area contributed by atoms with Crippen LogP contribution in [-0.2, 0) is 9.53 Å². The van der Waals surface area contributed by atoms with Gasteiger partial charge in [-0.2, -0.15) is 0 Å². The summed E-state index contributed by atoms with van der Waals surface area (Å²) in [4.78, 5) is 29.2. The van der Waals surface area contributed by atoms with Gasteiger partial charge in [0, 0.05) is 16.1 Å². The first-order valence-corrected chi connectivity index (χ1v) is 8.56. The van der Waals surface area contributed by atoms with Gasteiger partial charge in [0.05, 0.1) is 16.8 Å². The third-order valence-corrected chi connectivity index (χ3v) is 4.14. The molecular formula is C20H16ClFN2O3. The Morgan fingerprint density at radius 3 is 2.67 bits per heavy atom. The molecule has 1 heterocycles. The highest BCUT2D eigenvalue weighted by Gasteiger charge is 2.22. The first kappa shape index (κ1) is 18.8. The van der Waals surface area contributed by atoms with Gasteiger partial charge in [-0.1, -0.05) is 29.8 Å². The summed E-state index contributed by atoms with van der Waals surface area (Å²) in [6.45, 7) is 3.18. The van der Waals surface area contributed by atoms with Crippen molar-refractivity contribution >= 4 is 40.1 Å². The SMILES string of the molecule is Cc1cc(C(=O)O[C@H](C)C(=O)Nc2ccc(Cl)cc2F)c2ccccc2n1. The smallest absolute Gasteiger partial charge is 0.339 e. The topological polar surface area (TPSA) is 68.3 Å². The summed E-state index contributed by atoms with van der Waals surface area (Å²) in [6, 6.07) is 12.6. The van der Waals surface area contributed by atoms with Crippen LogP contribution in [0.4, 0.5) is 10.1 Å². The van der Waals surface area contributed by atoms with Gasteiger partial charge in [0.15, 0.2) is 6.10 Å². The summed E-state index contributed by atoms with van der Waals surface area (Å²) in [5.41, 5.74) is 1.58. The molecule has 1 amide bonds. The number of carbonyl (C=O) groups is 2. The Morgan fingerprint density at radius 1 is 1.19 bits per heavy atom. The highest BCUT2D eigenvalue weighted by atomic mass is 35.5. The van der Waals surface area contributed by atoms with E-state index in [0.717, 1.165) is 6.07 Å². The number of hydrogen-bond donors (Lipinski definition) is 1. The van der Waals surface area contributed by atoms with Gasteiger partial charge < -0.3 is 10.1 Å². The molecule has 0 bridgehead atoms. The summed E-state index contributed by atoms with van der Waals surface area (Å²) in [5.74, 6) is -1.99. The minimum absolute atomic E-state index is 0.0440. The predicted octanol–water partition coefficient (Wildman–Crippen LogP) is 4.52. The number of ether oxygens (including phenoxy) is 1. The van der Waals surface area contributed by atoms with Crippen molar-refractivity contribution in [2.24, 2.45) is 0 Å². The van der Waals surface area contributed by atoms with E-state index in [1.165, 1.54) is 19.1 Å². The Kier molecular flexibility index (Phi) is 5.37. The number of carbonyl (C=O) groups excluding carboxylic acids is 2. The number of nitrogens with zero attached hydrogens (tertiary/aromatic N) is 1. The van der Waals surface area contributed by atoms with Crippen molar-refractivity contribution in [3.05, 3.63) is 70.6 Å². The number of pyridine rings is 1. The molecule has 138 valence electrons. The number of aryl methyl sites for hydroxylation is 1. The maximum atomic E-state index is 13.8. The van der Waals surface area contributed by atoms with E-state index in [2.05, 4.69) is 10.3 Å². The number of hydrogen-bond acceptors (Lipinski definition) is 4. The predicted molar refractivity (Wildman–Crippen MR) is 101 cm³/mol. The van der Waals surface area contributed by atoms with Crippen molar-refractivity contribution in [1.29, 1.82) is 0 Å². The fourth-order valence-electron chi connectivity index (χ4n) is 2.58. The summed E-state index contributed by atoms with van der Waals surface area (Å²) in [7, 11) is 0. The van der Waals surface area contributed by atoms with Crippen LogP contribution in [0.15, 0.2) is 48.5 Å². The van der Waals surface area contributed by atoms with Crippen LogP contribution >= 0.6 is 11.6 Å². The van der Waals surface area contributed by atoms with E-state index in [1.54, 1.807) is 31.2 Å². The van der Waals surface area contributed by atoms with E-state index in [9.17, 15) is 14.0 Å². The Morgan fingerprint density at radius 2 is 1.93 bits per heavy atom. The molecule has 1 aromatic heterocycles. The summed E-state index contributed by atoms with van der Waals surface area (Å²) in [5, 5.41) is 3.22. The molecule has 0 spiro atoms. The third kappa shape index (κ3) is 4.23. The molecule has 0 radical (unpaired) electrons. The number of fused-ring (bicyclic) bond motifs is 1. The monoisotopic (exact) mass is 386 g/mol. The normalized spacial score (nSPS) is 11.9. The van der Waals surface area contributed by atoms with E-state index in [0.29, 0.717) is 22.2 Å². The molecule has 5 nitrogen and oxygen atoms in total. The second kappa shape index (κ2) is 7.72. The molecule has 1 N–H and O–H groups in total. The summed E-state index contributed by atoms with van der Waals surface area (Å²) in [6.07, 6.45) is -1.13. The van der Waals surface area contributed by atoms with Crippen molar-refractivity contribution in [1.82, 2.24) is 4.98 Å². The number of nitrogens with one attached hydrogen (secondary N) is 1. The molecule has 0 aliphatic rings. The molecule has 3 aromatic rings. The fraction of sp³-hybridized carbons (Fsp3) is 0.150. The Bertz CT molecular complexity index is 1040. The molecule has 2 aromatic carbocycles. The Hall–Kier alpha value is -2.99. The number of rotatable bonds is 4. The van der Waals surface area contributed by atoms with Crippen molar-refractivity contribution in [2.75, 3.05) is 5.32 Å². The standard InChI is InChI=1S/C20H16ClFN2O3/c1-11-9-15(14-5-3-4-6-17(14)23-11)20(26)27-12(2)19(25)24-18-8-7-13(21)10-16(18)22/h3-10,12H,1-2H3,(H,24,25)/t12-/m1/s1. The average molecular weight is 387 g/mol. The molecule has 0 fully saturated rings. The lowest BCUT2D eigenvalue weighted by atomic mass is 10.1. The second-order valence-corrected chi connectivity index (χ2v) is 6.43. The van der Waals surface area contributed by atoms with E-state index < -0.39 is 23.8 Å². The van der Waals surface area contributed by atoms with Gasteiger partial charge in [-0.05, 0) is 44.2 Å². The van der Waals surface area contributed by atoms with E-state index >= 15 is 0 Å². The van der Waals surface area contributed by atoms with Crippen molar-refractivity contribution in [3.8, 4) is 0 Å². The first-order chi connectivity index (χ1) is 12.8. The molecule has 3 rings (SSSR count). The van der Waals surface area contributed by atoms with Crippen molar-refractivity contribution < 1.29 is 18.7 Å². The van der Waals surface area contributed by atoms with Crippen LogP contribution in [0.5, 0.6) is 0 Å². The number of esters is 1. The Balaban J connectivity index is 1.77. The maximum absolute atomic E-state index is 13.8. The van der Waals surface area contributed by atoms with Crippen LogP contribution in [0.1, 0.15) is 23.0 Å². The number of amides is 1. The molecule has 0 saturated heterocycles. The lowest BCUT2D eigenvalue weighted by Crippen LogP contribution is -2.30. The molecule has 0 unspecified atom stereocenters. The molecule has 1 atom stereocenters. The highest BCUT2D eigenvalue weighted by molar-refractivity contribution is 6.30. The van der Waals surface area contributed by atoms with Crippen molar-refractivity contribution in [3.63, 3.8) is 0 Å². The highest BCUT2D eigenvalue weighted by Crippen LogP contribution is 2.21. The van der Waals surface area contributed by atoms with Gasteiger partial charge >= 0.3 is 5.97 Å². The van der Waals surface area contributed by atoms with Gasteiger partial charge in [-0.25, -0.2) is 9.18 Å². The zero-order chi connectivity index (χ0) is 19.6. The number of aromatic nitrogens is 1. The van der Waals surface area contributed by atoms with Crippen LogP contribution in [0.3, 0.4) is 0 Å². The fourth-order valence-corrected chi connectivity index (χ4v) is 2.74. The van der Waals surface area contributed by atoms with E-state index in [1.807, 2.05) is 6.07 Å². The second-order valence-electron chi connectivity index (χ2n) is 5.99. The molecule has 0 aliphatic heterocycles. The zero-order valence-electron chi connectivity index (χ0n) is 14.6. The summed E-state index contributed by atoms with van der Waals surface area (Å²) < 4.78 is 19.1. The first-order valence-electron chi connectivity index (χ1n) is 8.18. The van der Waals surface area contributed by atoms with Gasteiger partial charge in [-0.15, -0.1) is 0 Å². The summed E-state index contributed by atoms with van der Waals surface area (Å²) >= 11 is 5.69. The maximum Gasteiger partial charge on any atom is 0.339 e.